The molecule has 1 fully saturated rings. The number of hydrogen-bond donors (Lipinski definition) is 2. The summed E-state index contributed by atoms with van der Waals surface area (Å²) in [6.07, 6.45) is 1.33. The van der Waals surface area contributed by atoms with Crippen molar-refractivity contribution in [3.63, 3.8) is 0 Å². The molecule has 0 unspecified atom stereocenters. The highest BCUT2D eigenvalue weighted by atomic mass is 16.6. The average Bonchev–Trinajstić information content (AvgIpc) is 2.39. The summed E-state index contributed by atoms with van der Waals surface area (Å²) in [5.74, 6) is 0.445. The number of nitrogens with zero attached hydrogens (tertiary/aromatic N) is 5. The third-order valence-corrected chi connectivity index (χ3v) is 3.27. The first kappa shape index (κ1) is 16.4. The molecule has 122 valence electrons. The molecule has 9 heteroatoms. The lowest BCUT2D eigenvalue weighted by atomic mass is 10.1. The standard InChI is InChI=1S/C13H23N7O2/c1-13(2,3)16-11-10(20(21)22)12(15-9-14-11)17-19-7-5-18(4)6-8-19/h9H,5-8H2,1-4H3,(H2,14,15,16,17). The van der Waals surface area contributed by atoms with Crippen LogP contribution in [0.3, 0.4) is 0 Å². The number of hydrogen-bond acceptors (Lipinski definition) is 8. The van der Waals surface area contributed by atoms with E-state index in [1.807, 2.05) is 25.8 Å². The first-order chi connectivity index (χ1) is 10.3. The molecule has 1 aromatic rings. The van der Waals surface area contributed by atoms with E-state index >= 15 is 0 Å². The molecule has 0 saturated carbocycles. The summed E-state index contributed by atoms with van der Waals surface area (Å²) in [4.78, 5) is 21.3. The lowest BCUT2D eigenvalue weighted by molar-refractivity contribution is -0.383. The largest absolute Gasteiger partial charge is 0.360 e. The lowest BCUT2D eigenvalue weighted by Gasteiger charge is -2.32. The summed E-state index contributed by atoms with van der Waals surface area (Å²) in [5, 5.41) is 16.4. The smallest absolute Gasteiger partial charge is 0.354 e. The van der Waals surface area contributed by atoms with Crippen molar-refractivity contribution >= 4 is 17.3 Å². The molecule has 2 rings (SSSR count). The minimum absolute atomic E-state index is 0.128. The van der Waals surface area contributed by atoms with Gasteiger partial charge in [-0.25, -0.2) is 15.0 Å². The van der Waals surface area contributed by atoms with Crippen LogP contribution in [0.15, 0.2) is 6.33 Å². The van der Waals surface area contributed by atoms with E-state index in [1.54, 1.807) is 0 Å². The van der Waals surface area contributed by atoms with Crippen molar-refractivity contribution in [2.75, 3.05) is 44.0 Å². The zero-order chi connectivity index (χ0) is 16.3. The van der Waals surface area contributed by atoms with E-state index in [9.17, 15) is 10.1 Å². The summed E-state index contributed by atoms with van der Waals surface area (Å²) in [6.45, 7) is 9.13. The molecule has 0 aromatic carbocycles. The molecular weight excluding hydrogens is 286 g/mol. The fourth-order valence-corrected chi connectivity index (χ4v) is 2.15. The molecule has 1 aliphatic rings. The highest BCUT2D eigenvalue weighted by Crippen LogP contribution is 2.31. The molecule has 2 heterocycles. The van der Waals surface area contributed by atoms with Gasteiger partial charge in [0.25, 0.3) is 0 Å². The molecule has 0 spiro atoms. The molecule has 0 aliphatic carbocycles. The maximum absolute atomic E-state index is 11.4. The van der Waals surface area contributed by atoms with Crippen LogP contribution in [0.2, 0.25) is 0 Å². The number of rotatable bonds is 4. The van der Waals surface area contributed by atoms with Crippen molar-refractivity contribution in [3.05, 3.63) is 16.4 Å². The van der Waals surface area contributed by atoms with Gasteiger partial charge in [-0.05, 0) is 27.8 Å². The molecule has 2 N–H and O–H groups in total. The van der Waals surface area contributed by atoms with E-state index in [1.165, 1.54) is 6.33 Å². The number of aromatic nitrogens is 2. The maximum Gasteiger partial charge on any atom is 0.354 e. The van der Waals surface area contributed by atoms with Gasteiger partial charge in [-0.1, -0.05) is 0 Å². The Labute approximate surface area is 129 Å². The Kier molecular flexibility index (Phi) is 4.77. The monoisotopic (exact) mass is 309 g/mol. The average molecular weight is 309 g/mol. The predicted octanol–water partition coefficient (Wildman–Crippen LogP) is 1.17. The van der Waals surface area contributed by atoms with Gasteiger partial charge in [-0.15, -0.1) is 0 Å². The number of anilines is 2. The molecule has 0 bridgehead atoms. The highest BCUT2D eigenvalue weighted by molar-refractivity contribution is 5.69. The van der Waals surface area contributed by atoms with Crippen LogP contribution in [-0.2, 0) is 0 Å². The Morgan fingerprint density at radius 3 is 2.32 bits per heavy atom. The summed E-state index contributed by atoms with van der Waals surface area (Å²) in [5.41, 5.74) is 2.59. The molecule has 1 aromatic heterocycles. The Bertz CT molecular complexity index is 536. The van der Waals surface area contributed by atoms with Crippen LogP contribution in [0.4, 0.5) is 17.3 Å². The lowest BCUT2D eigenvalue weighted by Crippen LogP contribution is -2.47. The first-order valence-electron chi connectivity index (χ1n) is 7.24. The fourth-order valence-electron chi connectivity index (χ4n) is 2.15. The number of nitrogens with one attached hydrogen (secondary N) is 2. The van der Waals surface area contributed by atoms with E-state index < -0.39 is 4.92 Å². The fraction of sp³-hybridized carbons (Fsp3) is 0.692. The highest BCUT2D eigenvalue weighted by Gasteiger charge is 2.27. The molecule has 22 heavy (non-hydrogen) atoms. The van der Waals surface area contributed by atoms with Crippen LogP contribution >= 0.6 is 0 Å². The van der Waals surface area contributed by atoms with Gasteiger partial charge in [0.15, 0.2) is 0 Å². The second-order valence-electron chi connectivity index (χ2n) is 6.45. The van der Waals surface area contributed by atoms with Crippen LogP contribution in [-0.4, -0.2) is 63.6 Å². The van der Waals surface area contributed by atoms with Gasteiger partial charge < -0.3 is 10.2 Å². The van der Waals surface area contributed by atoms with Gasteiger partial charge >= 0.3 is 5.69 Å². The van der Waals surface area contributed by atoms with Crippen LogP contribution in [0, 0.1) is 10.1 Å². The van der Waals surface area contributed by atoms with E-state index in [4.69, 9.17) is 0 Å². The van der Waals surface area contributed by atoms with Crippen molar-refractivity contribution in [1.82, 2.24) is 19.9 Å². The maximum atomic E-state index is 11.4. The minimum Gasteiger partial charge on any atom is -0.360 e. The molecule has 0 amide bonds. The first-order valence-corrected chi connectivity index (χ1v) is 7.24. The third kappa shape index (κ3) is 4.25. The van der Waals surface area contributed by atoms with Crippen LogP contribution in [0.5, 0.6) is 0 Å². The SMILES string of the molecule is CN1CCN(Nc2ncnc(NC(C)(C)C)c2[N+](=O)[O-])CC1. The number of nitro groups is 1. The third-order valence-electron chi connectivity index (χ3n) is 3.27. The number of likely N-dealkylation sites (N-methyl/N-ethyl adjacent to an activating group) is 1. The Morgan fingerprint density at radius 2 is 1.77 bits per heavy atom. The van der Waals surface area contributed by atoms with Crippen LogP contribution < -0.4 is 10.7 Å². The van der Waals surface area contributed by atoms with E-state index in [0.717, 1.165) is 26.2 Å². The van der Waals surface area contributed by atoms with E-state index in [-0.39, 0.29) is 22.9 Å². The van der Waals surface area contributed by atoms with Gasteiger partial charge in [0, 0.05) is 31.7 Å². The van der Waals surface area contributed by atoms with Crippen molar-refractivity contribution in [3.8, 4) is 0 Å². The van der Waals surface area contributed by atoms with Crippen LogP contribution in [0.1, 0.15) is 20.8 Å². The molecule has 1 saturated heterocycles. The second kappa shape index (κ2) is 6.41. The van der Waals surface area contributed by atoms with Gasteiger partial charge in [0.05, 0.1) is 4.92 Å². The molecular formula is C13H23N7O2. The van der Waals surface area contributed by atoms with Crippen molar-refractivity contribution in [2.24, 2.45) is 0 Å². The molecule has 1 aliphatic heterocycles. The molecule has 0 radical (unpaired) electrons. The van der Waals surface area contributed by atoms with Crippen molar-refractivity contribution in [2.45, 2.75) is 26.3 Å². The summed E-state index contributed by atoms with van der Waals surface area (Å²) < 4.78 is 0. The summed E-state index contributed by atoms with van der Waals surface area (Å²) in [6, 6.07) is 0. The Balaban J connectivity index is 2.23. The van der Waals surface area contributed by atoms with Gasteiger partial charge in [0.1, 0.15) is 6.33 Å². The zero-order valence-corrected chi connectivity index (χ0v) is 13.5. The topological polar surface area (TPSA) is 99.5 Å². The number of hydrazine groups is 1. The van der Waals surface area contributed by atoms with Gasteiger partial charge in [-0.2, -0.15) is 0 Å². The van der Waals surface area contributed by atoms with Gasteiger partial charge in [0.2, 0.25) is 11.6 Å². The zero-order valence-electron chi connectivity index (χ0n) is 13.5. The summed E-state index contributed by atoms with van der Waals surface area (Å²) >= 11 is 0. The normalized spacial score (nSPS) is 17.3. The molecule has 0 atom stereocenters. The predicted molar refractivity (Wildman–Crippen MR) is 84.8 cm³/mol. The Hall–Kier alpha value is -2.00. The second-order valence-corrected chi connectivity index (χ2v) is 6.45. The van der Waals surface area contributed by atoms with Crippen molar-refractivity contribution in [1.29, 1.82) is 0 Å². The minimum atomic E-state index is -0.452. The quantitative estimate of drug-likeness (QED) is 0.631. The number of piperazine rings is 1. The van der Waals surface area contributed by atoms with E-state index in [2.05, 4.69) is 32.7 Å². The Morgan fingerprint density at radius 1 is 1.18 bits per heavy atom. The summed E-state index contributed by atoms with van der Waals surface area (Å²) in [7, 11) is 2.05. The van der Waals surface area contributed by atoms with Crippen LogP contribution in [0.25, 0.3) is 0 Å². The molecule has 9 nitrogen and oxygen atoms in total. The van der Waals surface area contributed by atoms with Gasteiger partial charge in [-0.3, -0.25) is 15.5 Å². The van der Waals surface area contributed by atoms with Crippen molar-refractivity contribution < 1.29 is 4.92 Å². The van der Waals surface area contributed by atoms with E-state index in [0.29, 0.717) is 0 Å².